The average Bonchev–Trinajstić information content (AvgIpc) is 2.79. The van der Waals surface area contributed by atoms with Crippen molar-refractivity contribution in [1.82, 2.24) is 30.8 Å². The molecule has 16 heavy (non-hydrogen) atoms. The number of hydrogen-bond acceptors (Lipinski definition) is 5. The van der Waals surface area contributed by atoms with Crippen LogP contribution < -0.4 is 5.32 Å². The molecule has 90 valence electrons. The topological polar surface area (TPSA) is 69.7 Å². The normalized spacial score (nSPS) is 24.5. The SMILES string of the molecule is CC(NCC1CCCN(C)C1)c1nn[nH]n1. The summed E-state index contributed by atoms with van der Waals surface area (Å²) >= 11 is 0. The Morgan fingerprint density at radius 3 is 3.19 bits per heavy atom. The quantitative estimate of drug-likeness (QED) is 0.764. The van der Waals surface area contributed by atoms with Crippen LogP contribution in [0.2, 0.25) is 0 Å². The van der Waals surface area contributed by atoms with Gasteiger partial charge in [0.2, 0.25) is 0 Å². The maximum atomic E-state index is 3.97. The van der Waals surface area contributed by atoms with E-state index in [4.69, 9.17) is 0 Å². The van der Waals surface area contributed by atoms with E-state index in [0.717, 1.165) is 18.3 Å². The molecule has 1 aliphatic rings. The summed E-state index contributed by atoms with van der Waals surface area (Å²) in [4.78, 5) is 2.40. The van der Waals surface area contributed by atoms with E-state index in [-0.39, 0.29) is 6.04 Å². The molecule has 1 aromatic rings. The van der Waals surface area contributed by atoms with Crippen LogP contribution in [-0.4, -0.2) is 52.2 Å². The summed E-state index contributed by atoms with van der Waals surface area (Å²) in [5.41, 5.74) is 0. The average molecular weight is 224 g/mol. The highest BCUT2D eigenvalue weighted by Crippen LogP contribution is 2.15. The highest BCUT2D eigenvalue weighted by Gasteiger charge is 2.18. The minimum absolute atomic E-state index is 0.172. The Balaban J connectivity index is 1.74. The monoisotopic (exact) mass is 224 g/mol. The second kappa shape index (κ2) is 5.36. The van der Waals surface area contributed by atoms with Gasteiger partial charge in [0.05, 0.1) is 6.04 Å². The first-order valence-corrected chi connectivity index (χ1v) is 5.91. The van der Waals surface area contributed by atoms with Crippen molar-refractivity contribution in [2.45, 2.75) is 25.8 Å². The summed E-state index contributed by atoms with van der Waals surface area (Å²) in [5, 5.41) is 17.5. The van der Waals surface area contributed by atoms with E-state index in [1.807, 2.05) is 0 Å². The Bertz CT molecular complexity index is 298. The molecule has 2 atom stereocenters. The van der Waals surface area contributed by atoms with Crippen LogP contribution in [-0.2, 0) is 0 Å². The van der Waals surface area contributed by atoms with Crippen molar-refractivity contribution in [3.05, 3.63) is 5.82 Å². The summed E-state index contributed by atoms with van der Waals surface area (Å²) in [6.45, 7) is 5.51. The van der Waals surface area contributed by atoms with Crippen LogP contribution in [0, 0.1) is 5.92 Å². The van der Waals surface area contributed by atoms with Crippen molar-refractivity contribution < 1.29 is 0 Å². The van der Waals surface area contributed by atoms with E-state index in [9.17, 15) is 0 Å². The second-order valence-electron chi connectivity index (χ2n) is 4.67. The van der Waals surface area contributed by atoms with Gasteiger partial charge in [-0.3, -0.25) is 0 Å². The van der Waals surface area contributed by atoms with Crippen LogP contribution in [0.5, 0.6) is 0 Å². The van der Waals surface area contributed by atoms with Crippen LogP contribution in [0.1, 0.15) is 31.6 Å². The Labute approximate surface area is 95.8 Å². The highest BCUT2D eigenvalue weighted by atomic mass is 15.5. The van der Waals surface area contributed by atoms with Gasteiger partial charge in [0.25, 0.3) is 0 Å². The van der Waals surface area contributed by atoms with Gasteiger partial charge in [-0.2, -0.15) is 5.21 Å². The smallest absolute Gasteiger partial charge is 0.191 e. The van der Waals surface area contributed by atoms with Gasteiger partial charge < -0.3 is 10.2 Å². The molecule has 1 fully saturated rings. The number of piperidine rings is 1. The number of H-pyrrole nitrogens is 1. The van der Waals surface area contributed by atoms with Gasteiger partial charge in [0.1, 0.15) is 0 Å². The van der Waals surface area contributed by atoms with Crippen molar-refractivity contribution >= 4 is 0 Å². The van der Waals surface area contributed by atoms with E-state index < -0.39 is 0 Å². The molecule has 0 amide bonds. The summed E-state index contributed by atoms with van der Waals surface area (Å²) in [5.74, 6) is 1.48. The molecule has 6 nitrogen and oxygen atoms in total. The molecule has 0 bridgehead atoms. The third kappa shape index (κ3) is 2.99. The number of nitrogens with one attached hydrogen (secondary N) is 2. The maximum Gasteiger partial charge on any atom is 0.191 e. The first kappa shape index (κ1) is 11.5. The molecular formula is C10H20N6. The Hall–Kier alpha value is -1.01. The number of aromatic amines is 1. The molecule has 1 saturated heterocycles. The van der Waals surface area contributed by atoms with Crippen molar-refractivity contribution in [2.75, 3.05) is 26.7 Å². The molecule has 0 saturated carbocycles. The molecular weight excluding hydrogens is 204 g/mol. The molecule has 1 aromatic heterocycles. The van der Waals surface area contributed by atoms with Crippen LogP contribution in [0.25, 0.3) is 0 Å². The predicted octanol–water partition coefficient (Wildman–Crippen LogP) is 0.192. The van der Waals surface area contributed by atoms with E-state index in [2.05, 4.69) is 44.8 Å². The number of nitrogens with zero attached hydrogens (tertiary/aromatic N) is 4. The third-order valence-corrected chi connectivity index (χ3v) is 3.18. The van der Waals surface area contributed by atoms with Crippen LogP contribution in [0.3, 0.4) is 0 Å². The first-order chi connectivity index (χ1) is 7.75. The Morgan fingerprint density at radius 1 is 1.62 bits per heavy atom. The predicted molar refractivity (Wildman–Crippen MR) is 60.8 cm³/mol. The summed E-state index contributed by atoms with van der Waals surface area (Å²) in [6, 6.07) is 0.172. The molecule has 6 heteroatoms. The zero-order chi connectivity index (χ0) is 11.4. The van der Waals surface area contributed by atoms with Gasteiger partial charge in [-0.1, -0.05) is 5.21 Å². The van der Waals surface area contributed by atoms with Gasteiger partial charge in [-0.05, 0) is 45.8 Å². The van der Waals surface area contributed by atoms with E-state index in [1.54, 1.807) is 0 Å². The second-order valence-corrected chi connectivity index (χ2v) is 4.67. The fourth-order valence-corrected chi connectivity index (χ4v) is 2.23. The maximum absolute atomic E-state index is 3.97. The fraction of sp³-hybridized carbons (Fsp3) is 0.900. The number of hydrogen-bond donors (Lipinski definition) is 2. The molecule has 1 aliphatic heterocycles. The van der Waals surface area contributed by atoms with E-state index in [1.165, 1.54) is 25.9 Å². The Morgan fingerprint density at radius 2 is 2.50 bits per heavy atom. The summed E-state index contributed by atoms with van der Waals surface area (Å²) in [7, 11) is 2.19. The van der Waals surface area contributed by atoms with Gasteiger partial charge >= 0.3 is 0 Å². The molecule has 0 aliphatic carbocycles. The molecule has 0 aromatic carbocycles. The van der Waals surface area contributed by atoms with Crippen molar-refractivity contribution in [1.29, 1.82) is 0 Å². The fourth-order valence-electron chi connectivity index (χ4n) is 2.23. The van der Waals surface area contributed by atoms with Crippen LogP contribution >= 0.6 is 0 Å². The van der Waals surface area contributed by atoms with Crippen molar-refractivity contribution in [2.24, 2.45) is 5.92 Å². The summed E-state index contributed by atoms with van der Waals surface area (Å²) < 4.78 is 0. The van der Waals surface area contributed by atoms with Crippen LogP contribution in [0.4, 0.5) is 0 Å². The molecule has 2 heterocycles. The number of rotatable bonds is 4. The summed E-state index contributed by atoms with van der Waals surface area (Å²) in [6.07, 6.45) is 2.62. The lowest BCUT2D eigenvalue weighted by atomic mass is 9.98. The highest BCUT2D eigenvalue weighted by molar-refractivity contribution is 4.86. The van der Waals surface area contributed by atoms with Gasteiger partial charge in [-0.15, -0.1) is 10.2 Å². The number of tetrazole rings is 1. The van der Waals surface area contributed by atoms with Crippen molar-refractivity contribution in [3.63, 3.8) is 0 Å². The molecule has 2 unspecified atom stereocenters. The number of aromatic nitrogens is 4. The lowest BCUT2D eigenvalue weighted by Gasteiger charge is -2.30. The molecule has 0 radical (unpaired) electrons. The Kier molecular flexibility index (Phi) is 3.84. The lowest BCUT2D eigenvalue weighted by molar-refractivity contribution is 0.203. The third-order valence-electron chi connectivity index (χ3n) is 3.18. The molecule has 2 N–H and O–H groups in total. The van der Waals surface area contributed by atoms with E-state index >= 15 is 0 Å². The van der Waals surface area contributed by atoms with Gasteiger partial charge in [0.15, 0.2) is 5.82 Å². The van der Waals surface area contributed by atoms with Crippen molar-refractivity contribution in [3.8, 4) is 0 Å². The van der Waals surface area contributed by atoms with Crippen LogP contribution in [0.15, 0.2) is 0 Å². The largest absolute Gasteiger partial charge is 0.307 e. The lowest BCUT2D eigenvalue weighted by Crippen LogP contribution is -2.38. The van der Waals surface area contributed by atoms with Gasteiger partial charge in [-0.25, -0.2) is 0 Å². The zero-order valence-corrected chi connectivity index (χ0v) is 9.98. The standard InChI is InChI=1S/C10H20N6/c1-8(10-12-14-15-13-10)11-6-9-4-3-5-16(2)7-9/h8-9,11H,3-7H2,1-2H3,(H,12,13,14,15). The molecule has 0 spiro atoms. The van der Waals surface area contributed by atoms with E-state index in [0.29, 0.717) is 0 Å². The van der Waals surface area contributed by atoms with Gasteiger partial charge in [0, 0.05) is 6.54 Å². The zero-order valence-electron chi connectivity index (χ0n) is 9.98. The first-order valence-electron chi connectivity index (χ1n) is 5.91. The minimum atomic E-state index is 0.172. The molecule has 2 rings (SSSR count). The minimum Gasteiger partial charge on any atom is -0.307 e. The number of likely N-dealkylation sites (tertiary alicyclic amines) is 1.